The Kier molecular flexibility index (Phi) is 4.36. The quantitative estimate of drug-likeness (QED) is 0.343. The predicted octanol–water partition coefficient (Wildman–Crippen LogP) is 0.876. The van der Waals surface area contributed by atoms with Gasteiger partial charge in [-0.05, 0) is 13.0 Å². The average Bonchev–Trinajstić information content (AvgIpc) is 2.35. The Bertz CT molecular complexity index is 559. The number of carbonyl (C=O) groups excluding carboxylic acids is 1. The molecule has 1 aromatic rings. The fraction of sp³-hybridized carbons (Fsp3) is 0.273. The fourth-order valence-electron chi connectivity index (χ4n) is 1.29. The van der Waals surface area contributed by atoms with E-state index in [1.54, 1.807) is 0 Å². The van der Waals surface area contributed by atoms with Gasteiger partial charge in [0, 0.05) is 24.4 Å². The summed E-state index contributed by atoms with van der Waals surface area (Å²) in [4.78, 5) is 32.6. The van der Waals surface area contributed by atoms with Crippen LogP contribution in [0.15, 0.2) is 34.8 Å². The number of nitrogens with zero attached hydrogens (tertiary/aromatic N) is 2. The Hall–Kier alpha value is -2.44. The van der Waals surface area contributed by atoms with Crippen LogP contribution < -0.4 is 5.56 Å². The van der Waals surface area contributed by atoms with E-state index in [-0.39, 0.29) is 6.54 Å². The summed E-state index contributed by atoms with van der Waals surface area (Å²) < 4.78 is 5.63. The first-order valence-corrected chi connectivity index (χ1v) is 5.06. The third kappa shape index (κ3) is 3.03. The van der Waals surface area contributed by atoms with Gasteiger partial charge in [0.25, 0.3) is 0 Å². The van der Waals surface area contributed by atoms with Gasteiger partial charge in [-0.25, -0.2) is 4.79 Å². The molecule has 0 aliphatic rings. The number of allylic oxidation sites excluding steroid dienone is 1. The molecule has 7 nitrogen and oxygen atoms in total. The van der Waals surface area contributed by atoms with Crippen LogP contribution in [0.25, 0.3) is 0 Å². The first-order chi connectivity index (χ1) is 8.47. The Labute approximate surface area is 102 Å². The van der Waals surface area contributed by atoms with Crippen molar-refractivity contribution in [3.63, 3.8) is 0 Å². The van der Waals surface area contributed by atoms with E-state index in [2.05, 4.69) is 4.74 Å². The summed E-state index contributed by atoms with van der Waals surface area (Å²) in [5, 5.41) is 10.6. The Morgan fingerprint density at radius 1 is 1.61 bits per heavy atom. The number of methoxy groups -OCH3 is 1. The molecule has 0 aliphatic heterocycles. The zero-order valence-corrected chi connectivity index (χ0v) is 9.95. The van der Waals surface area contributed by atoms with Gasteiger partial charge in [-0.15, -0.1) is 0 Å². The maximum absolute atomic E-state index is 11.6. The van der Waals surface area contributed by atoms with Gasteiger partial charge < -0.3 is 9.30 Å². The zero-order chi connectivity index (χ0) is 13.7. The lowest BCUT2D eigenvalue weighted by molar-refractivity contribution is -0.386. The molecule has 0 atom stereocenters. The van der Waals surface area contributed by atoms with Crippen LogP contribution in [0.3, 0.4) is 0 Å². The first kappa shape index (κ1) is 13.6. The molecule has 0 fully saturated rings. The summed E-state index contributed by atoms with van der Waals surface area (Å²) in [5.74, 6) is -0.506. The molecule has 0 N–H and O–H groups in total. The van der Waals surface area contributed by atoms with Crippen LogP contribution in [-0.4, -0.2) is 22.6 Å². The molecule has 0 aromatic carbocycles. The highest BCUT2D eigenvalue weighted by Gasteiger charge is 2.12. The molecular weight excluding hydrogens is 240 g/mol. The number of nitro groups is 1. The Morgan fingerprint density at radius 2 is 2.28 bits per heavy atom. The summed E-state index contributed by atoms with van der Waals surface area (Å²) in [5.41, 5.74) is -0.881. The van der Waals surface area contributed by atoms with Gasteiger partial charge in [0.05, 0.1) is 12.0 Å². The van der Waals surface area contributed by atoms with Crippen LogP contribution in [0.2, 0.25) is 0 Å². The SMILES string of the molecule is COC(=O)/C(C)=C\Cn1cccc([N+](=O)[O-])c1=O. The maximum Gasteiger partial charge on any atom is 0.334 e. The van der Waals surface area contributed by atoms with E-state index in [1.807, 2.05) is 0 Å². The second kappa shape index (κ2) is 5.76. The van der Waals surface area contributed by atoms with Crippen LogP contribution in [0, 0.1) is 10.1 Å². The Balaban J connectivity index is 3.00. The summed E-state index contributed by atoms with van der Waals surface area (Å²) in [7, 11) is 1.25. The van der Waals surface area contributed by atoms with Gasteiger partial charge in [-0.3, -0.25) is 14.9 Å². The number of pyridine rings is 1. The van der Waals surface area contributed by atoms with Gasteiger partial charge in [-0.2, -0.15) is 0 Å². The highest BCUT2D eigenvalue weighted by molar-refractivity contribution is 5.87. The van der Waals surface area contributed by atoms with Crippen molar-refractivity contribution in [2.75, 3.05) is 7.11 Å². The van der Waals surface area contributed by atoms with E-state index in [4.69, 9.17) is 0 Å². The molecule has 1 aromatic heterocycles. The molecule has 7 heteroatoms. The van der Waals surface area contributed by atoms with Crippen molar-refractivity contribution in [2.24, 2.45) is 0 Å². The number of hydrogen-bond acceptors (Lipinski definition) is 5. The van der Waals surface area contributed by atoms with Crippen molar-refractivity contribution in [1.29, 1.82) is 0 Å². The van der Waals surface area contributed by atoms with Crippen molar-refractivity contribution in [3.8, 4) is 0 Å². The highest BCUT2D eigenvalue weighted by Crippen LogP contribution is 2.03. The minimum Gasteiger partial charge on any atom is -0.466 e. The molecule has 0 aliphatic carbocycles. The lowest BCUT2D eigenvalue weighted by Gasteiger charge is -2.02. The van der Waals surface area contributed by atoms with Crippen LogP contribution >= 0.6 is 0 Å². The minimum absolute atomic E-state index is 0.0709. The zero-order valence-electron chi connectivity index (χ0n) is 9.95. The average molecular weight is 252 g/mol. The molecule has 0 saturated heterocycles. The van der Waals surface area contributed by atoms with Crippen molar-refractivity contribution in [3.05, 3.63) is 50.4 Å². The second-order valence-electron chi connectivity index (χ2n) is 3.49. The van der Waals surface area contributed by atoms with Gasteiger partial charge >= 0.3 is 17.2 Å². The second-order valence-corrected chi connectivity index (χ2v) is 3.49. The van der Waals surface area contributed by atoms with E-state index < -0.39 is 22.1 Å². The normalized spacial score (nSPS) is 11.1. The largest absolute Gasteiger partial charge is 0.466 e. The van der Waals surface area contributed by atoms with Crippen LogP contribution in [0.4, 0.5) is 5.69 Å². The first-order valence-electron chi connectivity index (χ1n) is 5.06. The van der Waals surface area contributed by atoms with E-state index >= 15 is 0 Å². The number of ether oxygens (including phenoxy) is 1. The standard InChI is InChI=1S/C11H12N2O5/c1-8(11(15)18-2)5-7-12-6-3-4-9(10(12)14)13(16)17/h3-6H,7H2,1-2H3/b8-5-. The minimum atomic E-state index is -0.740. The number of esters is 1. The number of hydrogen-bond donors (Lipinski definition) is 0. The van der Waals surface area contributed by atoms with Crippen molar-refractivity contribution >= 4 is 11.7 Å². The Morgan fingerprint density at radius 3 is 2.83 bits per heavy atom. The smallest absolute Gasteiger partial charge is 0.334 e. The molecule has 0 bridgehead atoms. The van der Waals surface area contributed by atoms with Gasteiger partial charge in [-0.1, -0.05) is 6.08 Å². The summed E-state index contributed by atoms with van der Waals surface area (Å²) in [6.45, 7) is 1.61. The highest BCUT2D eigenvalue weighted by atomic mass is 16.6. The van der Waals surface area contributed by atoms with E-state index in [9.17, 15) is 19.7 Å². The van der Waals surface area contributed by atoms with E-state index in [0.717, 1.165) is 10.6 Å². The van der Waals surface area contributed by atoms with E-state index in [0.29, 0.717) is 5.57 Å². The predicted molar refractivity (Wildman–Crippen MR) is 63.1 cm³/mol. The fourth-order valence-corrected chi connectivity index (χ4v) is 1.29. The molecular formula is C11H12N2O5. The third-order valence-corrected chi connectivity index (χ3v) is 2.30. The number of aromatic nitrogens is 1. The molecule has 1 heterocycles. The van der Waals surface area contributed by atoms with Crippen molar-refractivity contribution in [2.45, 2.75) is 13.5 Å². The monoisotopic (exact) mass is 252 g/mol. The molecule has 0 amide bonds. The van der Waals surface area contributed by atoms with Gasteiger partial charge in [0.2, 0.25) is 0 Å². The van der Waals surface area contributed by atoms with Crippen LogP contribution in [0.1, 0.15) is 6.92 Å². The van der Waals surface area contributed by atoms with Gasteiger partial charge in [0.15, 0.2) is 0 Å². The van der Waals surface area contributed by atoms with Gasteiger partial charge in [0.1, 0.15) is 0 Å². The van der Waals surface area contributed by atoms with E-state index in [1.165, 1.54) is 32.4 Å². The van der Waals surface area contributed by atoms with Crippen molar-refractivity contribution in [1.82, 2.24) is 4.57 Å². The topological polar surface area (TPSA) is 91.4 Å². The number of carbonyl (C=O) groups is 1. The summed E-state index contributed by atoms with van der Waals surface area (Å²) in [6, 6.07) is 2.54. The lowest BCUT2D eigenvalue weighted by atomic mass is 10.3. The molecule has 96 valence electrons. The summed E-state index contributed by atoms with van der Waals surface area (Å²) in [6.07, 6.45) is 2.88. The maximum atomic E-state index is 11.6. The molecule has 0 radical (unpaired) electrons. The van der Waals surface area contributed by atoms with Crippen LogP contribution in [0.5, 0.6) is 0 Å². The molecule has 18 heavy (non-hydrogen) atoms. The molecule has 0 unspecified atom stereocenters. The lowest BCUT2D eigenvalue weighted by Crippen LogP contribution is -2.21. The van der Waals surface area contributed by atoms with Crippen LogP contribution in [-0.2, 0) is 16.1 Å². The molecule has 0 spiro atoms. The summed E-state index contributed by atoms with van der Waals surface area (Å²) >= 11 is 0. The number of rotatable bonds is 4. The molecule has 0 saturated carbocycles. The third-order valence-electron chi connectivity index (χ3n) is 2.30. The molecule has 1 rings (SSSR count). The van der Waals surface area contributed by atoms with Crippen molar-refractivity contribution < 1.29 is 14.5 Å².